The molecule has 1 aromatic heterocycles. The zero-order valence-electron chi connectivity index (χ0n) is 17.9. The number of halogens is 2. The Labute approximate surface area is 192 Å². The number of aromatic nitrogens is 2. The maximum absolute atomic E-state index is 14.2. The highest BCUT2D eigenvalue weighted by Gasteiger charge is 2.50. The average Bonchev–Trinajstić information content (AvgIpc) is 2.74. The summed E-state index contributed by atoms with van der Waals surface area (Å²) in [6.07, 6.45) is 11.3. The third-order valence-electron chi connectivity index (χ3n) is 8.28. The number of nitrogens with one attached hydrogen (secondary N) is 1. The van der Waals surface area contributed by atoms with Crippen LogP contribution < -0.4 is 5.32 Å². The van der Waals surface area contributed by atoms with Gasteiger partial charge in [-0.2, -0.15) is 0 Å². The van der Waals surface area contributed by atoms with Gasteiger partial charge in [-0.05, 0) is 86.3 Å². The predicted octanol–water partition coefficient (Wildman–Crippen LogP) is 5.56. The van der Waals surface area contributed by atoms with Gasteiger partial charge in [0.05, 0.1) is 5.69 Å². The van der Waals surface area contributed by atoms with E-state index in [1.54, 1.807) is 12.4 Å². The molecule has 31 heavy (non-hydrogen) atoms. The van der Waals surface area contributed by atoms with Gasteiger partial charge in [-0.25, -0.2) is 14.4 Å². The summed E-state index contributed by atoms with van der Waals surface area (Å²) >= 11 is 3.46. The van der Waals surface area contributed by atoms with E-state index in [0.717, 1.165) is 65.4 Å². The second kappa shape index (κ2) is 7.80. The van der Waals surface area contributed by atoms with Crippen molar-refractivity contribution in [1.29, 1.82) is 0 Å². The van der Waals surface area contributed by atoms with Crippen LogP contribution in [0.5, 0.6) is 0 Å². The molecule has 0 unspecified atom stereocenters. The summed E-state index contributed by atoms with van der Waals surface area (Å²) in [5, 5.41) is 3.78. The molecular weight excluding hydrogens is 455 g/mol. The van der Waals surface area contributed by atoms with E-state index in [0.29, 0.717) is 12.0 Å². The van der Waals surface area contributed by atoms with E-state index >= 15 is 0 Å². The Hall–Kier alpha value is -1.53. The zero-order valence-corrected chi connectivity index (χ0v) is 19.5. The fraction of sp³-hybridized carbons (Fsp3) is 0.600. The van der Waals surface area contributed by atoms with Crippen LogP contribution in [-0.2, 0) is 19.5 Å². The molecule has 164 valence electrons. The molecule has 0 radical (unpaired) electrons. The van der Waals surface area contributed by atoms with Crippen molar-refractivity contribution in [3.05, 3.63) is 51.6 Å². The number of hydrogen-bond donors (Lipinski definition) is 1. The second-order valence-corrected chi connectivity index (χ2v) is 11.5. The quantitative estimate of drug-likeness (QED) is 0.602. The van der Waals surface area contributed by atoms with Crippen molar-refractivity contribution < 1.29 is 4.39 Å². The fourth-order valence-electron chi connectivity index (χ4n) is 7.38. The van der Waals surface area contributed by atoms with Gasteiger partial charge >= 0.3 is 0 Å². The lowest BCUT2D eigenvalue weighted by molar-refractivity contribution is -0.0444. The van der Waals surface area contributed by atoms with Crippen LogP contribution in [-0.4, -0.2) is 28.0 Å². The van der Waals surface area contributed by atoms with E-state index in [4.69, 9.17) is 0 Å². The third-order valence-corrected chi connectivity index (χ3v) is 8.78. The minimum Gasteiger partial charge on any atom is -0.369 e. The highest BCUT2D eigenvalue weighted by molar-refractivity contribution is 9.10. The van der Waals surface area contributed by atoms with Gasteiger partial charge in [0.25, 0.3) is 0 Å². The molecule has 2 heterocycles. The molecule has 4 nitrogen and oxygen atoms in total. The number of benzene rings is 1. The molecule has 1 N–H and O–H groups in total. The second-order valence-electron chi connectivity index (χ2n) is 10.6. The fourth-order valence-corrected chi connectivity index (χ4v) is 7.79. The van der Waals surface area contributed by atoms with Gasteiger partial charge in [-0.15, -0.1) is 0 Å². The van der Waals surface area contributed by atoms with Crippen molar-refractivity contribution in [3.63, 3.8) is 0 Å². The number of rotatable bonds is 5. The summed E-state index contributed by atoms with van der Waals surface area (Å²) in [6.45, 7) is 3.31. The molecule has 4 fully saturated rings. The number of hydrogen-bond acceptors (Lipinski definition) is 4. The molecule has 0 spiro atoms. The number of anilines is 1. The molecule has 4 saturated carbocycles. The number of fused-ring (bicyclic) bond motifs is 1. The largest absolute Gasteiger partial charge is 0.369 e. The predicted molar refractivity (Wildman–Crippen MR) is 123 cm³/mol. The molecular formula is C25H30BrFN4. The van der Waals surface area contributed by atoms with Crippen molar-refractivity contribution in [1.82, 2.24) is 14.9 Å². The van der Waals surface area contributed by atoms with Gasteiger partial charge in [-0.3, -0.25) is 4.90 Å². The summed E-state index contributed by atoms with van der Waals surface area (Å²) in [5.74, 6) is 3.81. The lowest BCUT2D eigenvalue weighted by Gasteiger charge is -2.57. The molecule has 0 amide bonds. The summed E-state index contributed by atoms with van der Waals surface area (Å²) < 4.78 is 15.1. The molecule has 2 aromatic rings. The van der Waals surface area contributed by atoms with Crippen LogP contribution in [0.2, 0.25) is 0 Å². The van der Waals surface area contributed by atoms with Crippen molar-refractivity contribution in [2.45, 2.75) is 58.0 Å². The molecule has 4 aliphatic carbocycles. The van der Waals surface area contributed by atoms with Crippen molar-refractivity contribution >= 4 is 21.7 Å². The summed E-state index contributed by atoms with van der Waals surface area (Å²) in [5.41, 5.74) is 3.57. The minimum absolute atomic E-state index is 0.144. The van der Waals surface area contributed by atoms with E-state index in [-0.39, 0.29) is 5.82 Å². The van der Waals surface area contributed by atoms with E-state index < -0.39 is 0 Å². The Morgan fingerprint density at radius 3 is 2.58 bits per heavy atom. The average molecular weight is 485 g/mol. The lowest BCUT2D eigenvalue weighted by atomic mass is 9.49. The first-order valence-corrected chi connectivity index (χ1v) is 12.6. The van der Waals surface area contributed by atoms with E-state index in [1.165, 1.54) is 50.2 Å². The van der Waals surface area contributed by atoms with Gasteiger partial charge in [0.15, 0.2) is 0 Å². The van der Waals surface area contributed by atoms with Crippen LogP contribution in [0.1, 0.15) is 55.3 Å². The van der Waals surface area contributed by atoms with Gasteiger partial charge < -0.3 is 5.32 Å². The van der Waals surface area contributed by atoms with Crippen LogP contribution in [0, 0.1) is 29.0 Å². The van der Waals surface area contributed by atoms with Crippen LogP contribution in [0.4, 0.5) is 10.2 Å². The van der Waals surface area contributed by atoms with Gasteiger partial charge in [0, 0.05) is 41.8 Å². The molecule has 7 rings (SSSR count). The first kappa shape index (κ1) is 20.1. The molecule has 6 heteroatoms. The molecule has 0 atom stereocenters. The Kier molecular flexibility index (Phi) is 5.06. The molecule has 0 saturated heterocycles. The number of nitrogens with zero attached hydrogens (tertiary/aromatic N) is 3. The first-order valence-electron chi connectivity index (χ1n) is 11.8. The Bertz CT molecular complexity index is 958. The Balaban J connectivity index is 1.15. The summed E-state index contributed by atoms with van der Waals surface area (Å²) in [7, 11) is 0. The highest BCUT2D eigenvalue weighted by Crippen LogP contribution is 2.59. The van der Waals surface area contributed by atoms with E-state index in [1.807, 2.05) is 6.07 Å². The smallest absolute Gasteiger partial charge is 0.132 e. The van der Waals surface area contributed by atoms with Crippen molar-refractivity contribution in [2.24, 2.45) is 23.2 Å². The van der Waals surface area contributed by atoms with Gasteiger partial charge in [0.2, 0.25) is 0 Å². The topological polar surface area (TPSA) is 41.1 Å². The standard InChI is InChI=1S/C25H30BrFN4/c26-20-1-2-22(27)19(8-20)12-31-4-3-21-23(13-31)29-15-30-24(21)28-14-25-9-16-5-17(10-25)7-18(6-16)11-25/h1-2,8,15-18H,3-7,9-14H2,(H,28,29,30). The molecule has 1 aromatic carbocycles. The van der Waals surface area contributed by atoms with E-state index in [9.17, 15) is 4.39 Å². The summed E-state index contributed by atoms with van der Waals surface area (Å²) in [4.78, 5) is 11.5. The van der Waals surface area contributed by atoms with Crippen molar-refractivity contribution in [2.75, 3.05) is 18.4 Å². The van der Waals surface area contributed by atoms with Crippen LogP contribution in [0.15, 0.2) is 29.0 Å². The molecule has 4 bridgehead atoms. The molecule has 5 aliphatic rings. The maximum Gasteiger partial charge on any atom is 0.132 e. The minimum atomic E-state index is -0.144. The van der Waals surface area contributed by atoms with Crippen LogP contribution in [0.3, 0.4) is 0 Å². The van der Waals surface area contributed by atoms with Crippen LogP contribution >= 0.6 is 15.9 Å². The SMILES string of the molecule is Fc1ccc(Br)cc1CN1CCc2c(ncnc2NCC23CC4CC(CC(C4)C2)C3)C1. The highest BCUT2D eigenvalue weighted by atomic mass is 79.9. The normalized spacial score (nSPS) is 31.6. The summed E-state index contributed by atoms with van der Waals surface area (Å²) in [6, 6.07) is 5.16. The Morgan fingerprint density at radius 1 is 1.10 bits per heavy atom. The third kappa shape index (κ3) is 3.91. The zero-order chi connectivity index (χ0) is 21.0. The lowest BCUT2D eigenvalue weighted by Crippen LogP contribution is -2.49. The monoisotopic (exact) mass is 484 g/mol. The Morgan fingerprint density at radius 2 is 1.84 bits per heavy atom. The van der Waals surface area contributed by atoms with Gasteiger partial charge in [0.1, 0.15) is 18.0 Å². The van der Waals surface area contributed by atoms with Gasteiger partial charge in [-0.1, -0.05) is 15.9 Å². The van der Waals surface area contributed by atoms with Crippen molar-refractivity contribution in [3.8, 4) is 0 Å². The van der Waals surface area contributed by atoms with E-state index in [2.05, 4.69) is 36.1 Å². The maximum atomic E-state index is 14.2. The van der Waals surface area contributed by atoms with Crippen LogP contribution in [0.25, 0.3) is 0 Å². The molecule has 1 aliphatic heterocycles. The first-order chi connectivity index (χ1) is 15.1.